The third-order valence-corrected chi connectivity index (χ3v) is 2.20. The number of benzene rings is 1. The van der Waals surface area contributed by atoms with Crippen molar-refractivity contribution in [2.24, 2.45) is 5.92 Å². The first-order valence-corrected chi connectivity index (χ1v) is 4.78. The molecule has 0 bridgehead atoms. The summed E-state index contributed by atoms with van der Waals surface area (Å²) in [5, 5.41) is 9.62. The highest BCUT2D eigenvalue weighted by Crippen LogP contribution is 2.08. The summed E-state index contributed by atoms with van der Waals surface area (Å²) in [5.41, 5.74) is 1.10. The zero-order valence-corrected chi connectivity index (χ0v) is 8.43. The van der Waals surface area contributed by atoms with Crippen molar-refractivity contribution in [2.75, 3.05) is 0 Å². The van der Waals surface area contributed by atoms with E-state index in [1.165, 1.54) is 0 Å². The molecule has 1 heteroatoms. The fourth-order valence-corrected chi connectivity index (χ4v) is 1.09. The van der Waals surface area contributed by atoms with Gasteiger partial charge in [0.25, 0.3) is 0 Å². The van der Waals surface area contributed by atoms with Gasteiger partial charge in [0.15, 0.2) is 0 Å². The molecule has 0 amide bonds. The van der Waals surface area contributed by atoms with Crippen LogP contribution in [0.25, 0.3) is 6.08 Å². The fraction of sp³-hybridized carbons (Fsp3) is 0.231. The number of aliphatic hydroxyl groups excluding tert-OH is 1. The Morgan fingerprint density at radius 2 is 1.93 bits per heavy atom. The van der Waals surface area contributed by atoms with Crippen molar-refractivity contribution in [3.63, 3.8) is 0 Å². The summed E-state index contributed by atoms with van der Waals surface area (Å²) >= 11 is 0. The molecule has 0 aliphatic heterocycles. The van der Waals surface area contributed by atoms with Crippen molar-refractivity contribution in [1.29, 1.82) is 0 Å². The molecule has 0 saturated heterocycles. The van der Waals surface area contributed by atoms with Gasteiger partial charge in [-0.15, -0.1) is 6.58 Å². The summed E-state index contributed by atoms with van der Waals surface area (Å²) in [6.07, 6.45) is 5.01. The van der Waals surface area contributed by atoms with E-state index < -0.39 is 6.10 Å². The summed E-state index contributed by atoms with van der Waals surface area (Å²) in [6, 6.07) is 9.93. The molecule has 0 unspecified atom stereocenters. The van der Waals surface area contributed by atoms with Crippen molar-refractivity contribution in [1.82, 2.24) is 0 Å². The number of rotatable bonds is 4. The van der Waals surface area contributed by atoms with Gasteiger partial charge >= 0.3 is 0 Å². The van der Waals surface area contributed by atoms with Gasteiger partial charge in [-0.3, -0.25) is 0 Å². The average Bonchev–Trinajstić information content (AvgIpc) is 2.26. The van der Waals surface area contributed by atoms with Gasteiger partial charge in [0.1, 0.15) is 0 Å². The number of aliphatic hydroxyl groups is 1. The highest BCUT2D eigenvalue weighted by molar-refractivity contribution is 5.49. The second-order valence-corrected chi connectivity index (χ2v) is 3.36. The Morgan fingerprint density at radius 1 is 1.29 bits per heavy atom. The summed E-state index contributed by atoms with van der Waals surface area (Å²) in [5.74, 6) is 0.0926. The molecule has 1 aromatic rings. The Kier molecular flexibility index (Phi) is 4.14. The first-order chi connectivity index (χ1) is 6.74. The highest BCUT2D eigenvalue weighted by atomic mass is 16.3. The van der Waals surface area contributed by atoms with E-state index in [2.05, 4.69) is 6.58 Å². The Bertz CT molecular complexity index is 300. The van der Waals surface area contributed by atoms with Gasteiger partial charge in [-0.1, -0.05) is 55.5 Å². The first-order valence-electron chi connectivity index (χ1n) is 4.78. The molecule has 1 rings (SSSR count). The second kappa shape index (κ2) is 5.40. The van der Waals surface area contributed by atoms with Crippen LogP contribution in [0.4, 0.5) is 0 Å². The summed E-state index contributed by atoms with van der Waals surface area (Å²) in [7, 11) is 0. The van der Waals surface area contributed by atoms with Gasteiger partial charge in [0.2, 0.25) is 0 Å². The average molecular weight is 188 g/mol. The van der Waals surface area contributed by atoms with Crippen LogP contribution in [0.5, 0.6) is 0 Å². The predicted molar refractivity (Wildman–Crippen MR) is 60.8 cm³/mol. The van der Waals surface area contributed by atoms with Crippen LogP contribution < -0.4 is 0 Å². The molecule has 1 N–H and O–H groups in total. The summed E-state index contributed by atoms with van der Waals surface area (Å²) in [4.78, 5) is 0. The molecule has 0 aliphatic carbocycles. The summed E-state index contributed by atoms with van der Waals surface area (Å²) < 4.78 is 0. The van der Waals surface area contributed by atoms with E-state index in [-0.39, 0.29) is 5.92 Å². The van der Waals surface area contributed by atoms with E-state index in [1.807, 2.05) is 43.3 Å². The lowest BCUT2D eigenvalue weighted by molar-refractivity contribution is 0.186. The van der Waals surface area contributed by atoms with Gasteiger partial charge in [0, 0.05) is 5.92 Å². The zero-order chi connectivity index (χ0) is 10.4. The maximum Gasteiger partial charge on any atom is 0.0783 e. The molecular formula is C13H16O. The lowest BCUT2D eigenvalue weighted by Gasteiger charge is -2.09. The van der Waals surface area contributed by atoms with E-state index >= 15 is 0 Å². The van der Waals surface area contributed by atoms with Crippen LogP contribution in [0.3, 0.4) is 0 Å². The third kappa shape index (κ3) is 3.19. The van der Waals surface area contributed by atoms with Crippen LogP contribution in [-0.4, -0.2) is 11.2 Å². The quantitative estimate of drug-likeness (QED) is 0.720. The van der Waals surface area contributed by atoms with E-state index in [0.29, 0.717) is 0 Å². The van der Waals surface area contributed by atoms with Crippen molar-refractivity contribution in [3.8, 4) is 0 Å². The molecule has 0 saturated carbocycles. The molecule has 2 atom stereocenters. The molecule has 0 heterocycles. The minimum absolute atomic E-state index is 0.0926. The lowest BCUT2D eigenvalue weighted by Crippen LogP contribution is -2.11. The monoisotopic (exact) mass is 188 g/mol. The van der Waals surface area contributed by atoms with E-state index in [9.17, 15) is 5.11 Å². The van der Waals surface area contributed by atoms with Crippen molar-refractivity contribution in [2.45, 2.75) is 13.0 Å². The topological polar surface area (TPSA) is 20.2 Å². The van der Waals surface area contributed by atoms with Crippen LogP contribution in [0, 0.1) is 5.92 Å². The number of hydrogen-bond acceptors (Lipinski definition) is 1. The standard InChI is InChI=1S/C13H16O/c1-3-11(2)13(14)10-9-12-7-5-4-6-8-12/h3-11,13-14H,1H2,2H3/b10-9+/t11-,13-/m1/s1. The van der Waals surface area contributed by atoms with Gasteiger partial charge in [-0.2, -0.15) is 0 Å². The van der Waals surface area contributed by atoms with Crippen molar-refractivity contribution in [3.05, 3.63) is 54.6 Å². The first kappa shape index (κ1) is 10.7. The molecule has 14 heavy (non-hydrogen) atoms. The van der Waals surface area contributed by atoms with Gasteiger partial charge in [-0.05, 0) is 5.56 Å². The van der Waals surface area contributed by atoms with E-state index in [1.54, 1.807) is 12.2 Å². The maximum absolute atomic E-state index is 9.62. The molecule has 0 spiro atoms. The van der Waals surface area contributed by atoms with Gasteiger partial charge in [0.05, 0.1) is 6.10 Å². The minimum Gasteiger partial charge on any atom is -0.388 e. The molecule has 0 fully saturated rings. The van der Waals surface area contributed by atoms with Crippen LogP contribution in [0.2, 0.25) is 0 Å². The Hall–Kier alpha value is -1.34. The molecule has 0 aliphatic rings. The SMILES string of the molecule is C=C[C@@H](C)[C@H](O)/C=C/c1ccccc1. The minimum atomic E-state index is -0.451. The third-order valence-electron chi connectivity index (χ3n) is 2.20. The normalized spacial score (nSPS) is 15.3. The highest BCUT2D eigenvalue weighted by Gasteiger charge is 2.05. The fourth-order valence-electron chi connectivity index (χ4n) is 1.09. The predicted octanol–water partition coefficient (Wildman–Crippen LogP) is 2.88. The van der Waals surface area contributed by atoms with E-state index in [4.69, 9.17) is 0 Å². The van der Waals surface area contributed by atoms with Gasteiger partial charge < -0.3 is 5.11 Å². The Morgan fingerprint density at radius 3 is 2.50 bits per heavy atom. The van der Waals surface area contributed by atoms with Crippen LogP contribution in [0.1, 0.15) is 12.5 Å². The molecular weight excluding hydrogens is 172 g/mol. The maximum atomic E-state index is 9.62. The van der Waals surface area contributed by atoms with Crippen LogP contribution in [0.15, 0.2) is 49.1 Å². The molecule has 0 aromatic heterocycles. The van der Waals surface area contributed by atoms with Crippen molar-refractivity contribution < 1.29 is 5.11 Å². The van der Waals surface area contributed by atoms with E-state index in [0.717, 1.165) is 5.56 Å². The smallest absolute Gasteiger partial charge is 0.0783 e. The van der Waals surface area contributed by atoms with Crippen LogP contribution >= 0.6 is 0 Å². The summed E-state index contributed by atoms with van der Waals surface area (Å²) in [6.45, 7) is 5.58. The van der Waals surface area contributed by atoms with Crippen molar-refractivity contribution >= 4 is 6.08 Å². The molecule has 1 nitrogen and oxygen atoms in total. The Balaban J connectivity index is 2.60. The molecule has 74 valence electrons. The number of hydrogen-bond donors (Lipinski definition) is 1. The second-order valence-electron chi connectivity index (χ2n) is 3.36. The largest absolute Gasteiger partial charge is 0.388 e. The molecule has 1 aromatic carbocycles. The van der Waals surface area contributed by atoms with Gasteiger partial charge in [-0.25, -0.2) is 0 Å². The zero-order valence-electron chi connectivity index (χ0n) is 8.43. The lowest BCUT2D eigenvalue weighted by atomic mass is 10.0. The van der Waals surface area contributed by atoms with Crippen LogP contribution in [-0.2, 0) is 0 Å². The molecule has 0 radical (unpaired) electrons. The Labute approximate surface area is 85.4 Å².